The Kier molecular flexibility index (Phi) is 10.4. The van der Waals surface area contributed by atoms with Crippen molar-refractivity contribution in [2.24, 2.45) is 0 Å². The van der Waals surface area contributed by atoms with Crippen molar-refractivity contribution in [1.29, 1.82) is 0 Å². The minimum Gasteiger partial charge on any atom is -0.394 e. The number of hydrogen-bond acceptors (Lipinski definition) is 6. The molecule has 0 saturated carbocycles. The summed E-state index contributed by atoms with van der Waals surface area (Å²) in [4.78, 5) is 0. The van der Waals surface area contributed by atoms with Crippen molar-refractivity contribution in [2.75, 3.05) is 39.6 Å². The van der Waals surface area contributed by atoms with Crippen LogP contribution in [0.1, 0.15) is 0 Å². The molecule has 0 aromatic carbocycles. The van der Waals surface area contributed by atoms with Gasteiger partial charge in [0.1, 0.15) is 25.4 Å². The molecular weight excluding hydrogens is 216 g/mol. The summed E-state index contributed by atoms with van der Waals surface area (Å²) in [6.07, 6.45) is -1.75. The smallest absolute Gasteiger partial charge is 0.107 e. The highest BCUT2D eigenvalue weighted by Crippen LogP contribution is 1.84. The van der Waals surface area contributed by atoms with Crippen LogP contribution < -0.4 is 0 Å². The third-order valence-corrected chi connectivity index (χ3v) is 1.52. The van der Waals surface area contributed by atoms with E-state index in [0.717, 1.165) is 0 Å². The fourth-order valence-corrected chi connectivity index (χ4v) is 0.699. The minimum absolute atomic E-state index is 0.0370. The first-order valence-electron chi connectivity index (χ1n) is 4.89. The predicted molar refractivity (Wildman–Crippen MR) is 55.6 cm³/mol. The third-order valence-electron chi connectivity index (χ3n) is 1.52. The highest BCUT2D eigenvalue weighted by Gasteiger charge is 2.00. The molecule has 16 heavy (non-hydrogen) atoms. The zero-order valence-electron chi connectivity index (χ0n) is 9.00. The van der Waals surface area contributed by atoms with Crippen LogP contribution in [0.25, 0.3) is 0 Å². The van der Waals surface area contributed by atoms with E-state index < -0.39 is 12.2 Å². The molecule has 0 rings (SSSR count). The first-order valence-corrected chi connectivity index (χ1v) is 4.89. The molecule has 0 fully saturated rings. The molecule has 94 valence electrons. The Balaban J connectivity index is 3.28. The lowest BCUT2D eigenvalue weighted by Crippen LogP contribution is -2.19. The fraction of sp³-hybridized carbons (Fsp3) is 0.800. The first-order chi connectivity index (χ1) is 7.70. The van der Waals surface area contributed by atoms with Crippen molar-refractivity contribution in [1.82, 2.24) is 0 Å². The second-order valence-electron chi connectivity index (χ2n) is 3.06. The van der Waals surface area contributed by atoms with Crippen molar-refractivity contribution in [2.45, 2.75) is 12.2 Å². The second-order valence-corrected chi connectivity index (χ2v) is 3.06. The average molecular weight is 234 g/mol. The van der Waals surface area contributed by atoms with Gasteiger partial charge in [-0.1, -0.05) is 11.8 Å². The summed E-state index contributed by atoms with van der Waals surface area (Å²) >= 11 is 0. The molecule has 0 amide bonds. The van der Waals surface area contributed by atoms with Gasteiger partial charge in [-0.25, -0.2) is 0 Å². The van der Waals surface area contributed by atoms with Crippen LogP contribution in [-0.4, -0.2) is 72.3 Å². The topological polar surface area (TPSA) is 99.4 Å². The molecule has 0 aliphatic rings. The SMILES string of the molecule is OC[C@@H](O)COCC#CCOC[C@@H](O)CO. The molecule has 4 N–H and O–H groups in total. The largest absolute Gasteiger partial charge is 0.394 e. The molecule has 0 spiro atoms. The summed E-state index contributed by atoms with van der Waals surface area (Å²) in [6.45, 7) is -0.318. The van der Waals surface area contributed by atoms with Crippen molar-refractivity contribution in [3.05, 3.63) is 0 Å². The van der Waals surface area contributed by atoms with Gasteiger partial charge in [0.15, 0.2) is 0 Å². The van der Waals surface area contributed by atoms with E-state index in [1.54, 1.807) is 0 Å². The quantitative estimate of drug-likeness (QED) is 0.279. The van der Waals surface area contributed by atoms with Crippen LogP contribution in [-0.2, 0) is 9.47 Å². The van der Waals surface area contributed by atoms with Crippen LogP contribution in [0.4, 0.5) is 0 Å². The van der Waals surface area contributed by atoms with Gasteiger partial charge >= 0.3 is 0 Å². The number of ether oxygens (including phenoxy) is 2. The van der Waals surface area contributed by atoms with Gasteiger partial charge in [-0.2, -0.15) is 0 Å². The molecule has 6 nitrogen and oxygen atoms in total. The molecular formula is C10H18O6. The monoisotopic (exact) mass is 234 g/mol. The third kappa shape index (κ3) is 9.86. The molecule has 0 saturated heterocycles. The van der Waals surface area contributed by atoms with Gasteiger partial charge in [-0.05, 0) is 0 Å². The number of aliphatic hydroxyl groups excluding tert-OH is 4. The van der Waals surface area contributed by atoms with Crippen LogP contribution in [0.15, 0.2) is 0 Å². The zero-order chi connectivity index (χ0) is 12.2. The summed E-state index contributed by atoms with van der Waals surface area (Å²) in [5, 5.41) is 34.7. The van der Waals surface area contributed by atoms with Crippen molar-refractivity contribution in [3.8, 4) is 11.8 Å². The summed E-state index contributed by atoms with van der Waals surface area (Å²) in [7, 11) is 0. The van der Waals surface area contributed by atoms with Gasteiger partial charge in [0.2, 0.25) is 0 Å². The van der Waals surface area contributed by atoms with Gasteiger partial charge < -0.3 is 29.9 Å². The summed E-state index contributed by atoms with van der Waals surface area (Å²) in [6, 6.07) is 0. The van der Waals surface area contributed by atoms with Crippen LogP contribution in [0, 0.1) is 11.8 Å². The molecule has 0 aromatic heterocycles. The maximum atomic E-state index is 8.89. The van der Waals surface area contributed by atoms with E-state index in [1.165, 1.54) is 0 Å². The highest BCUT2D eigenvalue weighted by atomic mass is 16.5. The van der Waals surface area contributed by atoms with Crippen molar-refractivity contribution >= 4 is 0 Å². The predicted octanol–water partition coefficient (Wildman–Crippen LogP) is -2.27. The zero-order valence-corrected chi connectivity index (χ0v) is 9.00. The Morgan fingerprint density at radius 1 is 0.812 bits per heavy atom. The van der Waals surface area contributed by atoms with E-state index in [2.05, 4.69) is 11.8 Å². The lowest BCUT2D eigenvalue weighted by Gasteiger charge is -2.05. The maximum absolute atomic E-state index is 8.89. The Labute approximate surface area is 94.4 Å². The molecule has 0 bridgehead atoms. The lowest BCUT2D eigenvalue weighted by atomic mass is 10.4. The number of rotatable bonds is 8. The van der Waals surface area contributed by atoms with Crippen molar-refractivity contribution < 1.29 is 29.9 Å². The summed E-state index contributed by atoms with van der Waals surface area (Å²) in [5.74, 6) is 5.24. The van der Waals surface area contributed by atoms with E-state index in [0.29, 0.717) is 0 Å². The molecule has 0 aliphatic carbocycles. The Morgan fingerprint density at radius 3 is 1.50 bits per heavy atom. The van der Waals surface area contributed by atoms with E-state index in [9.17, 15) is 0 Å². The summed E-state index contributed by atoms with van der Waals surface area (Å²) in [5.41, 5.74) is 0. The van der Waals surface area contributed by atoms with E-state index in [4.69, 9.17) is 29.9 Å². The Morgan fingerprint density at radius 2 is 1.19 bits per heavy atom. The minimum atomic E-state index is -0.877. The molecule has 0 unspecified atom stereocenters. The number of hydrogen-bond donors (Lipinski definition) is 4. The van der Waals surface area contributed by atoms with Gasteiger partial charge in [0, 0.05) is 0 Å². The molecule has 6 heteroatoms. The maximum Gasteiger partial charge on any atom is 0.107 e. The van der Waals surface area contributed by atoms with Gasteiger partial charge in [0.25, 0.3) is 0 Å². The van der Waals surface area contributed by atoms with E-state index in [-0.39, 0.29) is 39.6 Å². The molecule has 0 aliphatic heterocycles. The fourth-order valence-electron chi connectivity index (χ4n) is 0.699. The summed E-state index contributed by atoms with van der Waals surface area (Å²) < 4.78 is 9.81. The standard InChI is InChI=1S/C10H18O6/c11-5-9(13)7-15-3-1-2-4-16-8-10(14)6-12/h9-14H,3-8H2/t9-,10+. The molecule has 0 heterocycles. The average Bonchev–Trinajstić information content (AvgIpc) is 2.31. The Bertz CT molecular complexity index is 189. The van der Waals surface area contributed by atoms with Gasteiger partial charge in [-0.15, -0.1) is 0 Å². The lowest BCUT2D eigenvalue weighted by molar-refractivity contribution is 0.0148. The molecule has 0 aromatic rings. The van der Waals surface area contributed by atoms with E-state index in [1.807, 2.05) is 0 Å². The van der Waals surface area contributed by atoms with Crippen LogP contribution in [0.5, 0.6) is 0 Å². The Hall–Kier alpha value is -0.680. The highest BCUT2D eigenvalue weighted by molar-refractivity contribution is 4.99. The van der Waals surface area contributed by atoms with Crippen LogP contribution in [0.2, 0.25) is 0 Å². The van der Waals surface area contributed by atoms with Crippen LogP contribution in [0.3, 0.4) is 0 Å². The molecule has 2 atom stereocenters. The van der Waals surface area contributed by atoms with Crippen molar-refractivity contribution in [3.63, 3.8) is 0 Å². The second kappa shape index (κ2) is 10.8. The number of aliphatic hydroxyl groups is 4. The first kappa shape index (κ1) is 15.3. The normalized spacial score (nSPS) is 14.0. The molecule has 0 radical (unpaired) electrons. The van der Waals surface area contributed by atoms with E-state index >= 15 is 0 Å². The van der Waals surface area contributed by atoms with Crippen LogP contribution >= 0.6 is 0 Å². The van der Waals surface area contributed by atoms with Gasteiger partial charge in [0.05, 0.1) is 26.4 Å². The van der Waals surface area contributed by atoms with Gasteiger partial charge in [-0.3, -0.25) is 0 Å².